The van der Waals surface area contributed by atoms with Gasteiger partial charge in [0, 0.05) is 11.5 Å². The summed E-state index contributed by atoms with van der Waals surface area (Å²) in [5.41, 5.74) is 5.71. The zero-order valence-electron chi connectivity index (χ0n) is 11.1. The third kappa shape index (κ3) is 2.61. The van der Waals surface area contributed by atoms with E-state index in [0.717, 1.165) is 24.5 Å². The predicted octanol–water partition coefficient (Wildman–Crippen LogP) is 2.40. The van der Waals surface area contributed by atoms with Crippen molar-refractivity contribution in [2.75, 3.05) is 0 Å². The van der Waals surface area contributed by atoms with Crippen molar-refractivity contribution in [3.05, 3.63) is 11.6 Å². The maximum atomic E-state index is 5.71. The van der Waals surface area contributed by atoms with Gasteiger partial charge < -0.3 is 10.3 Å². The Balaban J connectivity index is 3.15. The lowest BCUT2D eigenvalue weighted by Crippen LogP contribution is -2.28. The normalized spacial score (nSPS) is 14.1. The van der Waals surface area contributed by atoms with Crippen molar-refractivity contribution in [1.82, 2.24) is 14.8 Å². The highest BCUT2D eigenvalue weighted by Crippen LogP contribution is 2.25. The van der Waals surface area contributed by atoms with Crippen LogP contribution in [0.15, 0.2) is 0 Å². The number of nitrogens with zero attached hydrogens (tertiary/aromatic N) is 3. The van der Waals surface area contributed by atoms with Crippen LogP contribution in [-0.4, -0.2) is 14.8 Å². The van der Waals surface area contributed by atoms with E-state index in [1.165, 1.54) is 0 Å². The van der Waals surface area contributed by atoms with Gasteiger partial charge in [0.25, 0.3) is 0 Å². The Morgan fingerprint density at radius 2 is 1.94 bits per heavy atom. The van der Waals surface area contributed by atoms with Gasteiger partial charge in [-0.15, -0.1) is 10.2 Å². The largest absolute Gasteiger partial charge is 0.324 e. The number of rotatable bonds is 4. The van der Waals surface area contributed by atoms with Gasteiger partial charge in [-0.3, -0.25) is 0 Å². The average molecular weight is 224 g/mol. The molecule has 1 unspecified atom stereocenters. The molecule has 0 bridgehead atoms. The van der Waals surface area contributed by atoms with E-state index < -0.39 is 0 Å². The summed E-state index contributed by atoms with van der Waals surface area (Å²) >= 11 is 0. The summed E-state index contributed by atoms with van der Waals surface area (Å²) in [4.78, 5) is 0. The van der Waals surface area contributed by atoms with Crippen LogP contribution in [0.3, 0.4) is 0 Å². The summed E-state index contributed by atoms with van der Waals surface area (Å²) in [6, 6.07) is 0. The molecule has 0 saturated carbocycles. The van der Waals surface area contributed by atoms with Crippen LogP contribution in [0.2, 0.25) is 0 Å². The molecule has 1 atom stereocenters. The molecule has 4 nitrogen and oxygen atoms in total. The van der Waals surface area contributed by atoms with Gasteiger partial charge in [-0.2, -0.15) is 0 Å². The van der Waals surface area contributed by atoms with Crippen LogP contribution in [-0.2, 0) is 12.1 Å². The topological polar surface area (TPSA) is 56.7 Å². The van der Waals surface area contributed by atoms with E-state index in [-0.39, 0.29) is 5.54 Å². The van der Waals surface area contributed by atoms with Crippen molar-refractivity contribution in [3.63, 3.8) is 0 Å². The van der Waals surface area contributed by atoms with Crippen molar-refractivity contribution in [2.45, 2.75) is 65.5 Å². The molecular formula is C12H24N4. The van der Waals surface area contributed by atoms with Crippen LogP contribution in [0.25, 0.3) is 0 Å². The maximum Gasteiger partial charge on any atom is 0.147 e. The summed E-state index contributed by atoms with van der Waals surface area (Å²) in [7, 11) is 0. The second-order valence-electron chi connectivity index (χ2n) is 5.37. The standard InChI is InChI=1S/C12H24N4/c1-6-7-9(2)11-15-14-10(8-13)16(11)12(3,4)5/h9H,6-8,13H2,1-5H3. The Bertz CT molecular complexity index is 335. The van der Waals surface area contributed by atoms with Crippen LogP contribution in [0, 0.1) is 0 Å². The fraction of sp³-hybridized carbons (Fsp3) is 0.833. The average Bonchev–Trinajstić information content (AvgIpc) is 2.60. The van der Waals surface area contributed by atoms with Gasteiger partial charge >= 0.3 is 0 Å². The number of nitrogens with two attached hydrogens (primary N) is 1. The summed E-state index contributed by atoms with van der Waals surface area (Å²) in [5.74, 6) is 2.39. The SMILES string of the molecule is CCCC(C)c1nnc(CN)n1C(C)(C)C. The van der Waals surface area contributed by atoms with Gasteiger partial charge in [-0.25, -0.2) is 0 Å². The van der Waals surface area contributed by atoms with Crippen molar-refractivity contribution in [2.24, 2.45) is 5.73 Å². The third-order valence-electron chi connectivity index (χ3n) is 2.77. The molecule has 0 fully saturated rings. The molecule has 4 heteroatoms. The fourth-order valence-corrected chi connectivity index (χ4v) is 2.07. The highest BCUT2D eigenvalue weighted by Gasteiger charge is 2.24. The minimum atomic E-state index is -0.00443. The van der Waals surface area contributed by atoms with E-state index in [4.69, 9.17) is 5.73 Å². The minimum absolute atomic E-state index is 0.00443. The quantitative estimate of drug-likeness (QED) is 0.854. The van der Waals surface area contributed by atoms with Crippen LogP contribution in [0.1, 0.15) is 65.0 Å². The Morgan fingerprint density at radius 3 is 2.38 bits per heavy atom. The second kappa shape index (κ2) is 4.95. The molecule has 1 aromatic rings. The molecular weight excluding hydrogens is 200 g/mol. The zero-order chi connectivity index (χ0) is 12.3. The van der Waals surface area contributed by atoms with E-state index in [1.807, 2.05) is 0 Å². The first-order chi connectivity index (χ1) is 7.41. The molecule has 0 radical (unpaired) electrons. The first-order valence-electron chi connectivity index (χ1n) is 6.06. The van der Waals surface area contributed by atoms with Crippen LogP contribution < -0.4 is 5.73 Å². The number of hydrogen-bond acceptors (Lipinski definition) is 3. The van der Waals surface area contributed by atoms with Gasteiger partial charge in [0.1, 0.15) is 11.6 Å². The number of hydrogen-bond donors (Lipinski definition) is 1. The third-order valence-corrected chi connectivity index (χ3v) is 2.77. The second-order valence-corrected chi connectivity index (χ2v) is 5.37. The molecule has 0 aliphatic heterocycles. The Kier molecular flexibility index (Phi) is 4.08. The van der Waals surface area contributed by atoms with Crippen molar-refractivity contribution in [1.29, 1.82) is 0 Å². The molecule has 1 heterocycles. The Morgan fingerprint density at radius 1 is 1.31 bits per heavy atom. The monoisotopic (exact) mass is 224 g/mol. The fourth-order valence-electron chi connectivity index (χ4n) is 2.07. The number of aromatic nitrogens is 3. The lowest BCUT2D eigenvalue weighted by molar-refractivity contribution is 0.359. The van der Waals surface area contributed by atoms with Gasteiger partial charge in [-0.1, -0.05) is 20.3 Å². The highest BCUT2D eigenvalue weighted by atomic mass is 15.3. The first-order valence-corrected chi connectivity index (χ1v) is 6.06. The lowest BCUT2D eigenvalue weighted by atomic mass is 10.0. The molecule has 0 amide bonds. The van der Waals surface area contributed by atoms with E-state index in [9.17, 15) is 0 Å². The van der Waals surface area contributed by atoms with E-state index in [1.54, 1.807) is 0 Å². The molecule has 2 N–H and O–H groups in total. The van der Waals surface area contributed by atoms with Crippen molar-refractivity contribution < 1.29 is 0 Å². The van der Waals surface area contributed by atoms with Gasteiger partial charge in [-0.05, 0) is 27.2 Å². The highest BCUT2D eigenvalue weighted by molar-refractivity contribution is 5.05. The predicted molar refractivity (Wildman–Crippen MR) is 66.2 cm³/mol. The molecule has 0 aromatic carbocycles. The summed E-state index contributed by atoms with van der Waals surface area (Å²) in [6.45, 7) is 11.3. The molecule has 1 rings (SSSR count). The molecule has 0 spiro atoms. The van der Waals surface area contributed by atoms with Crippen LogP contribution >= 0.6 is 0 Å². The Labute approximate surface area is 98.2 Å². The summed E-state index contributed by atoms with van der Waals surface area (Å²) in [5, 5.41) is 8.50. The molecule has 0 aliphatic carbocycles. The Hall–Kier alpha value is -0.900. The van der Waals surface area contributed by atoms with Crippen molar-refractivity contribution >= 4 is 0 Å². The lowest BCUT2D eigenvalue weighted by Gasteiger charge is -2.26. The van der Waals surface area contributed by atoms with Crippen LogP contribution in [0.5, 0.6) is 0 Å². The molecule has 1 aromatic heterocycles. The van der Waals surface area contributed by atoms with E-state index in [2.05, 4.69) is 49.4 Å². The first kappa shape index (κ1) is 13.2. The van der Waals surface area contributed by atoms with Crippen LogP contribution in [0.4, 0.5) is 0 Å². The molecule has 0 aliphatic rings. The maximum absolute atomic E-state index is 5.71. The van der Waals surface area contributed by atoms with Gasteiger partial charge in [0.2, 0.25) is 0 Å². The zero-order valence-corrected chi connectivity index (χ0v) is 11.1. The van der Waals surface area contributed by atoms with Gasteiger partial charge in [0.15, 0.2) is 0 Å². The van der Waals surface area contributed by atoms with E-state index in [0.29, 0.717) is 12.5 Å². The molecule has 0 saturated heterocycles. The molecule has 92 valence electrons. The van der Waals surface area contributed by atoms with Crippen molar-refractivity contribution in [3.8, 4) is 0 Å². The smallest absolute Gasteiger partial charge is 0.147 e. The minimum Gasteiger partial charge on any atom is -0.324 e. The molecule has 16 heavy (non-hydrogen) atoms. The van der Waals surface area contributed by atoms with E-state index >= 15 is 0 Å². The summed E-state index contributed by atoms with van der Waals surface area (Å²) in [6.07, 6.45) is 2.30. The van der Waals surface area contributed by atoms with Gasteiger partial charge in [0.05, 0.1) is 6.54 Å². The summed E-state index contributed by atoms with van der Waals surface area (Å²) < 4.78 is 2.19.